The standard InChI is InChI=1S/C25H34N2O2/c1-19-8-13-23(22(16-19)25(2,3)4)29-18-24(28)26-21-11-9-20(10-12-21)17-27-14-6-5-7-15-27/h8-13,16H,5-7,14-15,17-18H2,1-4H3,(H,26,28). The Morgan fingerprint density at radius 3 is 2.38 bits per heavy atom. The molecule has 4 nitrogen and oxygen atoms in total. The highest BCUT2D eigenvalue weighted by molar-refractivity contribution is 5.91. The highest BCUT2D eigenvalue weighted by Gasteiger charge is 2.19. The van der Waals surface area contributed by atoms with Gasteiger partial charge in [0.05, 0.1) is 0 Å². The number of carbonyl (C=O) groups excluding carboxylic acids is 1. The SMILES string of the molecule is Cc1ccc(OCC(=O)Nc2ccc(CN3CCCCC3)cc2)c(C(C)(C)C)c1. The first-order valence-corrected chi connectivity index (χ1v) is 10.7. The van der Waals surface area contributed by atoms with Crippen LogP contribution in [0.3, 0.4) is 0 Å². The van der Waals surface area contributed by atoms with Crippen molar-refractivity contribution in [1.29, 1.82) is 0 Å². The van der Waals surface area contributed by atoms with Crippen LogP contribution < -0.4 is 10.1 Å². The van der Waals surface area contributed by atoms with E-state index in [1.54, 1.807) is 0 Å². The van der Waals surface area contributed by atoms with E-state index in [-0.39, 0.29) is 17.9 Å². The van der Waals surface area contributed by atoms with Crippen molar-refractivity contribution in [2.24, 2.45) is 0 Å². The van der Waals surface area contributed by atoms with E-state index in [4.69, 9.17) is 4.74 Å². The second-order valence-electron chi connectivity index (χ2n) is 9.12. The number of aryl methyl sites for hydroxylation is 1. The van der Waals surface area contributed by atoms with Crippen LogP contribution >= 0.6 is 0 Å². The summed E-state index contributed by atoms with van der Waals surface area (Å²) in [5.41, 5.74) is 4.36. The summed E-state index contributed by atoms with van der Waals surface area (Å²) < 4.78 is 5.86. The van der Waals surface area contributed by atoms with E-state index >= 15 is 0 Å². The fourth-order valence-electron chi connectivity index (χ4n) is 3.77. The van der Waals surface area contributed by atoms with Crippen LogP contribution in [0.2, 0.25) is 0 Å². The zero-order chi connectivity index (χ0) is 20.9. The lowest BCUT2D eigenvalue weighted by molar-refractivity contribution is -0.118. The lowest BCUT2D eigenvalue weighted by Crippen LogP contribution is -2.29. The Labute approximate surface area is 175 Å². The second kappa shape index (κ2) is 9.45. The van der Waals surface area contributed by atoms with E-state index in [2.05, 4.69) is 56.1 Å². The van der Waals surface area contributed by atoms with Crippen molar-refractivity contribution < 1.29 is 9.53 Å². The van der Waals surface area contributed by atoms with Crippen LogP contribution in [-0.2, 0) is 16.8 Å². The molecular formula is C25H34N2O2. The molecular weight excluding hydrogens is 360 g/mol. The molecule has 1 amide bonds. The molecule has 0 unspecified atom stereocenters. The molecule has 2 aromatic carbocycles. The minimum absolute atomic E-state index is 0.00166. The topological polar surface area (TPSA) is 41.6 Å². The number of ether oxygens (including phenoxy) is 1. The third-order valence-corrected chi connectivity index (χ3v) is 5.39. The fraction of sp³-hybridized carbons (Fsp3) is 0.480. The maximum Gasteiger partial charge on any atom is 0.262 e. The van der Waals surface area contributed by atoms with Gasteiger partial charge in [0.15, 0.2) is 6.61 Å². The van der Waals surface area contributed by atoms with Gasteiger partial charge in [0, 0.05) is 12.2 Å². The lowest BCUT2D eigenvalue weighted by atomic mass is 9.85. The molecule has 1 heterocycles. The quantitative estimate of drug-likeness (QED) is 0.723. The molecule has 0 radical (unpaired) electrons. The summed E-state index contributed by atoms with van der Waals surface area (Å²) in [4.78, 5) is 14.9. The van der Waals surface area contributed by atoms with Crippen LogP contribution in [0.1, 0.15) is 56.7 Å². The van der Waals surface area contributed by atoms with E-state index in [1.807, 2.05) is 24.3 Å². The maximum absolute atomic E-state index is 12.4. The van der Waals surface area contributed by atoms with Crippen molar-refractivity contribution in [2.75, 3.05) is 25.0 Å². The third-order valence-electron chi connectivity index (χ3n) is 5.39. The van der Waals surface area contributed by atoms with Gasteiger partial charge in [-0.2, -0.15) is 0 Å². The molecule has 0 aromatic heterocycles. The molecule has 29 heavy (non-hydrogen) atoms. The van der Waals surface area contributed by atoms with E-state index in [1.165, 1.54) is 43.5 Å². The minimum Gasteiger partial charge on any atom is -0.483 e. The van der Waals surface area contributed by atoms with Gasteiger partial charge in [0.25, 0.3) is 5.91 Å². The Hall–Kier alpha value is -2.33. The number of nitrogens with one attached hydrogen (secondary N) is 1. The zero-order valence-corrected chi connectivity index (χ0v) is 18.3. The molecule has 0 saturated carbocycles. The van der Waals surface area contributed by atoms with Crippen molar-refractivity contribution in [3.8, 4) is 5.75 Å². The summed E-state index contributed by atoms with van der Waals surface area (Å²) in [6, 6.07) is 14.3. The number of hydrogen-bond donors (Lipinski definition) is 1. The normalized spacial score (nSPS) is 15.2. The van der Waals surface area contributed by atoms with Crippen molar-refractivity contribution >= 4 is 11.6 Å². The Morgan fingerprint density at radius 1 is 1.03 bits per heavy atom. The number of amides is 1. The molecule has 1 fully saturated rings. The summed E-state index contributed by atoms with van der Waals surface area (Å²) in [6.45, 7) is 11.9. The molecule has 0 aliphatic carbocycles. The lowest BCUT2D eigenvalue weighted by Gasteiger charge is -2.26. The van der Waals surface area contributed by atoms with Gasteiger partial charge in [0.2, 0.25) is 0 Å². The van der Waals surface area contributed by atoms with Gasteiger partial charge >= 0.3 is 0 Å². The molecule has 0 spiro atoms. The summed E-state index contributed by atoms with van der Waals surface area (Å²) in [6.07, 6.45) is 3.95. The van der Waals surface area contributed by atoms with E-state index < -0.39 is 0 Å². The smallest absolute Gasteiger partial charge is 0.262 e. The number of anilines is 1. The third kappa shape index (κ3) is 6.33. The number of hydrogen-bond acceptors (Lipinski definition) is 3. The van der Waals surface area contributed by atoms with Crippen LogP contribution in [0.15, 0.2) is 42.5 Å². The van der Waals surface area contributed by atoms with Gasteiger partial charge in [-0.15, -0.1) is 0 Å². The average molecular weight is 395 g/mol. The molecule has 3 rings (SSSR count). The second-order valence-corrected chi connectivity index (χ2v) is 9.12. The zero-order valence-electron chi connectivity index (χ0n) is 18.3. The van der Waals surface area contributed by atoms with E-state index in [0.717, 1.165) is 23.5 Å². The molecule has 0 atom stereocenters. The van der Waals surface area contributed by atoms with Gasteiger partial charge < -0.3 is 10.1 Å². The first kappa shape index (κ1) is 21.4. The van der Waals surface area contributed by atoms with Crippen molar-refractivity contribution in [2.45, 2.75) is 58.9 Å². The van der Waals surface area contributed by atoms with Crippen LogP contribution in [-0.4, -0.2) is 30.5 Å². The molecule has 1 aliphatic heterocycles. The van der Waals surface area contributed by atoms with Crippen LogP contribution in [0.5, 0.6) is 5.75 Å². The Morgan fingerprint density at radius 2 is 1.72 bits per heavy atom. The molecule has 0 bridgehead atoms. The van der Waals surface area contributed by atoms with Gasteiger partial charge in [-0.3, -0.25) is 9.69 Å². The predicted octanol–water partition coefficient (Wildman–Crippen LogP) is 5.30. The van der Waals surface area contributed by atoms with Gasteiger partial charge in [-0.1, -0.05) is 57.0 Å². The van der Waals surface area contributed by atoms with Gasteiger partial charge in [-0.25, -0.2) is 0 Å². The van der Waals surface area contributed by atoms with Crippen LogP contribution in [0.25, 0.3) is 0 Å². The number of benzene rings is 2. The molecule has 156 valence electrons. The molecule has 1 aliphatic rings. The summed E-state index contributed by atoms with van der Waals surface area (Å²) in [5.74, 6) is 0.629. The number of piperidine rings is 1. The number of likely N-dealkylation sites (tertiary alicyclic amines) is 1. The first-order valence-electron chi connectivity index (χ1n) is 10.7. The number of rotatable bonds is 6. The monoisotopic (exact) mass is 394 g/mol. The number of carbonyl (C=O) groups is 1. The molecule has 1 N–H and O–H groups in total. The highest BCUT2D eigenvalue weighted by atomic mass is 16.5. The van der Waals surface area contributed by atoms with Crippen LogP contribution in [0, 0.1) is 6.92 Å². The molecule has 4 heteroatoms. The van der Waals surface area contributed by atoms with Crippen molar-refractivity contribution in [1.82, 2.24) is 4.90 Å². The van der Waals surface area contributed by atoms with Crippen molar-refractivity contribution in [3.05, 3.63) is 59.2 Å². The van der Waals surface area contributed by atoms with E-state index in [0.29, 0.717) is 0 Å². The summed E-state index contributed by atoms with van der Waals surface area (Å²) in [7, 11) is 0. The molecule has 1 saturated heterocycles. The van der Waals surface area contributed by atoms with Crippen molar-refractivity contribution in [3.63, 3.8) is 0 Å². The molecule has 2 aromatic rings. The Bertz CT molecular complexity index is 816. The fourth-order valence-corrected chi connectivity index (χ4v) is 3.77. The van der Waals surface area contributed by atoms with Gasteiger partial charge in [0.1, 0.15) is 5.75 Å². The average Bonchev–Trinajstić information content (AvgIpc) is 2.68. The largest absolute Gasteiger partial charge is 0.483 e. The van der Waals surface area contributed by atoms with E-state index in [9.17, 15) is 4.79 Å². The maximum atomic E-state index is 12.4. The summed E-state index contributed by atoms with van der Waals surface area (Å²) >= 11 is 0. The Balaban J connectivity index is 1.53. The first-order chi connectivity index (χ1) is 13.8. The van der Waals surface area contributed by atoms with Crippen LogP contribution in [0.4, 0.5) is 5.69 Å². The highest BCUT2D eigenvalue weighted by Crippen LogP contribution is 2.32. The predicted molar refractivity (Wildman–Crippen MR) is 120 cm³/mol. The number of nitrogens with zero attached hydrogens (tertiary/aromatic N) is 1. The Kier molecular flexibility index (Phi) is 6.96. The minimum atomic E-state index is -0.144. The van der Waals surface area contributed by atoms with Gasteiger partial charge in [-0.05, 0) is 67.6 Å². The summed E-state index contributed by atoms with van der Waals surface area (Å²) in [5, 5.41) is 2.94.